The fraction of sp³-hybridized carbons (Fsp3) is 0.538. The van der Waals surface area contributed by atoms with Crippen LogP contribution in [-0.2, 0) is 4.74 Å². The highest BCUT2D eigenvalue weighted by Gasteiger charge is 2.15. The van der Waals surface area contributed by atoms with Gasteiger partial charge < -0.3 is 10.1 Å². The molecule has 0 aromatic heterocycles. The molecular weight excluding hydrogens is 186 g/mol. The highest BCUT2D eigenvalue weighted by molar-refractivity contribution is 5.16. The maximum atomic E-state index is 5.85. The minimum atomic E-state index is 0.202. The molecule has 15 heavy (non-hydrogen) atoms. The predicted molar refractivity (Wildman–Crippen MR) is 61.8 cm³/mol. The second-order valence-electron chi connectivity index (χ2n) is 4.18. The van der Waals surface area contributed by atoms with Crippen molar-refractivity contribution in [2.45, 2.75) is 31.9 Å². The van der Waals surface area contributed by atoms with Crippen LogP contribution in [0.2, 0.25) is 0 Å². The minimum absolute atomic E-state index is 0.202. The van der Waals surface area contributed by atoms with Crippen LogP contribution in [0.3, 0.4) is 0 Å². The Morgan fingerprint density at radius 2 is 2.20 bits per heavy atom. The summed E-state index contributed by atoms with van der Waals surface area (Å²) < 4.78 is 5.85. The fourth-order valence-electron chi connectivity index (χ4n) is 1.98. The normalized spacial score (nSPS) is 22.9. The Morgan fingerprint density at radius 3 is 2.87 bits per heavy atom. The molecule has 2 heteroatoms. The number of nitrogens with one attached hydrogen (secondary N) is 1. The molecule has 0 saturated carbocycles. The standard InChI is InChI=1S/C13H19NO/c1-11(12-6-3-2-4-7-12)15-10-13-8-5-9-14-13/h2-4,6-7,11,13-14H,5,8-10H2,1H3/t11?,13-/m0/s1. The second-order valence-corrected chi connectivity index (χ2v) is 4.18. The van der Waals surface area contributed by atoms with E-state index in [1.54, 1.807) is 0 Å². The monoisotopic (exact) mass is 205 g/mol. The molecule has 0 spiro atoms. The van der Waals surface area contributed by atoms with Crippen molar-refractivity contribution in [2.24, 2.45) is 0 Å². The zero-order chi connectivity index (χ0) is 10.5. The zero-order valence-corrected chi connectivity index (χ0v) is 9.28. The molecule has 1 aromatic carbocycles. The predicted octanol–water partition coefficient (Wildman–Crippen LogP) is 2.52. The van der Waals surface area contributed by atoms with Crippen LogP contribution < -0.4 is 5.32 Å². The molecule has 1 aromatic rings. The Hall–Kier alpha value is -0.860. The average molecular weight is 205 g/mol. The number of rotatable bonds is 4. The molecule has 0 bridgehead atoms. The summed E-state index contributed by atoms with van der Waals surface area (Å²) in [6.07, 6.45) is 2.74. The molecule has 1 aliphatic rings. The zero-order valence-electron chi connectivity index (χ0n) is 9.28. The highest BCUT2D eigenvalue weighted by Crippen LogP contribution is 2.17. The second kappa shape index (κ2) is 5.29. The van der Waals surface area contributed by atoms with E-state index in [4.69, 9.17) is 4.74 Å². The molecule has 1 saturated heterocycles. The molecule has 0 aliphatic carbocycles. The molecule has 1 unspecified atom stereocenters. The Kier molecular flexibility index (Phi) is 3.75. The van der Waals surface area contributed by atoms with Gasteiger partial charge in [-0.05, 0) is 31.9 Å². The van der Waals surface area contributed by atoms with Crippen LogP contribution in [0.25, 0.3) is 0 Å². The molecule has 82 valence electrons. The van der Waals surface area contributed by atoms with Gasteiger partial charge in [0.25, 0.3) is 0 Å². The number of hydrogen-bond acceptors (Lipinski definition) is 2. The first kappa shape index (κ1) is 10.7. The number of ether oxygens (including phenoxy) is 1. The van der Waals surface area contributed by atoms with Gasteiger partial charge in [0.15, 0.2) is 0 Å². The van der Waals surface area contributed by atoms with Gasteiger partial charge in [-0.1, -0.05) is 30.3 Å². The first-order valence-corrected chi connectivity index (χ1v) is 5.76. The van der Waals surface area contributed by atoms with Crippen LogP contribution in [0, 0.1) is 0 Å². The van der Waals surface area contributed by atoms with E-state index in [0.29, 0.717) is 6.04 Å². The summed E-state index contributed by atoms with van der Waals surface area (Å²) in [7, 11) is 0. The topological polar surface area (TPSA) is 21.3 Å². The van der Waals surface area contributed by atoms with E-state index < -0.39 is 0 Å². The van der Waals surface area contributed by atoms with Crippen LogP contribution in [0.5, 0.6) is 0 Å². The van der Waals surface area contributed by atoms with E-state index >= 15 is 0 Å². The third kappa shape index (κ3) is 3.05. The van der Waals surface area contributed by atoms with Crippen LogP contribution >= 0.6 is 0 Å². The summed E-state index contributed by atoms with van der Waals surface area (Å²) in [4.78, 5) is 0. The van der Waals surface area contributed by atoms with E-state index in [-0.39, 0.29) is 6.10 Å². The Balaban J connectivity index is 1.79. The lowest BCUT2D eigenvalue weighted by molar-refractivity contribution is 0.0525. The molecule has 1 fully saturated rings. The quantitative estimate of drug-likeness (QED) is 0.815. The van der Waals surface area contributed by atoms with Crippen LogP contribution in [-0.4, -0.2) is 19.2 Å². The van der Waals surface area contributed by atoms with E-state index in [1.165, 1.54) is 18.4 Å². The van der Waals surface area contributed by atoms with E-state index in [2.05, 4.69) is 36.5 Å². The van der Waals surface area contributed by atoms with Crippen molar-refractivity contribution in [3.05, 3.63) is 35.9 Å². The lowest BCUT2D eigenvalue weighted by Crippen LogP contribution is -2.27. The summed E-state index contributed by atoms with van der Waals surface area (Å²) >= 11 is 0. The van der Waals surface area contributed by atoms with Crippen molar-refractivity contribution in [3.8, 4) is 0 Å². The number of hydrogen-bond donors (Lipinski definition) is 1. The maximum Gasteiger partial charge on any atom is 0.0797 e. The van der Waals surface area contributed by atoms with Gasteiger partial charge in [0.05, 0.1) is 12.7 Å². The van der Waals surface area contributed by atoms with Gasteiger partial charge in [0.2, 0.25) is 0 Å². The first-order valence-electron chi connectivity index (χ1n) is 5.76. The first-order chi connectivity index (χ1) is 7.36. The van der Waals surface area contributed by atoms with Gasteiger partial charge in [-0.3, -0.25) is 0 Å². The van der Waals surface area contributed by atoms with Crippen molar-refractivity contribution in [3.63, 3.8) is 0 Å². The Bertz CT molecular complexity index is 280. The van der Waals surface area contributed by atoms with Crippen LogP contribution in [0.1, 0.15) is 31.4 Å². The summed E-state index contributed by atoms with van der Waals surface area (Å²) in [5.74, 6) is 0. The molecule has 1 heterocycles. The molecule has 1 N–H and O–H groups in total. The molecule has 2 atom stereocenters. The average Bonchev–Trinajstić information content (AvgIpc) is 2.80. The largest absolute Gasteiger partial charge is 0.372 e. The van der Waals surface area contributed by atoms with E-state index in [9.17, 15) is 0 Å². The van der Waals surface area contributed by atoms with Crippen molar-refractivity contribution in [1.82, 2.24) is 5.32 Å². The van der Waals surface area contributed by atoms with Gasteiger partial charge in [0.1, 0.15) is 0 Å². The van der Waals surface area contributed by atoms with Gasteiger partial charge >= 0.3 is 0 Å². The molecular formula is C13H19NO. The molecule has 2 rings (SSSR count). The van der Waals surface area contributed by atoms with Crippen molar-refractivity contribution in [1.29, 1.82) is 0 Å². The number of benzene rings is 1. The maximum absolute atomic E-state index is 5.85. The third-order valence-electron chi connectivity index (χ3n) is 2.98. The Morgan fingerprint density at radius 1 is 1.40 bits per heavy atom. The van der Waals surface area contributed by atoms with E-state index in [0.717, 1.165) is 13.2 Å². The van der Waals surface area contributed by atoms with Crippen molar-refractivity contribution in [2.75, 3.05) is 13.2 Å². The van der Waals surface area contributed by atoms with E-state index in [1.807, 2.05) is 6.07 Å². The van der Waals surface area contributed by atoms with Gasteiger partial charge in [-0.15, -0.1) is 0 Å². The summed E-state index contributed by atoms with van der Waals surface area (Å²) in [5, 5.41) is 3.44. The van der Waals surface area contributed by atoms with Crippen molar-refractivity contribution < 1.29 is 4.74 Å². The summed E-state index contributed by atoms with van der Waals surface area (Å²) in [5.41, 5.74) is 1.26. The lowest BCUT2D eigenvalue weighted by Gasteiger charge is -2.16. The SMILES string of the molecule is CC(OC[C@@H]1CCCN1)c1ccccc1. The summed E-state index contributed by atoms with van der Waals surface area (Å²) in [6.45, 7) is 4.09. The molecule has 0 radical (unpaired) electrons. The summed E-state index contributed by atoms with van der Waals surface area (Å²) in [6, 6.07) is 11.0. The van der Waals surface area contributed by atoms with Gasteiger partial charge in [-0.25, -0.2) is 0 Å². The van der Waals surface area contributed by atoms with Gasteiger partial charge in [0, 0.05) is 6.04 Å². The Labute approximate surface area is 91.6 Å². The molecule has 2 nitrogen and oxygen atoms in total. The van der Waals surface area contributed by atoms with Crippen molar-refractivity contribution >= 4 is 0 Å². The van der Waals surface area contributed by atoms with Gasteiger partial charge in [-0.2, -0.15) is 0 Å². The molecule has 0 amide bonds. The van der Waals surface area contributed by atoms with Crippen LogP contribution in [0.15, 0.2) is 30.3 Å². The molecule has 1 aliphatic heterocycles. The highest BCUT2D eigenvalue weighted by atomic mass is 16.5. The fourth-order valence-corrected chi connectivity index (χ4v) is 1.98. The lowest BCUT2D eigenvalue weighted by atomic mass is 10.1. The third-order valence-corrected chi connectivity index (χ3v) is 2.98. The minimum Gasteiger partial charge on any atom is -0.372 e. The smallest absolute Gasteiger partial charge is 0.0797 e. The van der Waals surface area contributed by atoms with Crippen LogP contribution in [0.4, 0.5) is 0 Å².